The third-order valence-electron chi connectivity index (χ3n) is 2.00. The van der Waals surface area contributed by atoms with E-state index in [1.165, 1.54) is 11.3 Å². The van der Waals surface area contributed by atoms with E-state index in [0.29, 0.717) is 5.56 Å². The average molecular weight is 227 g/mol. The molecule has 1 heterocycles. The van der Waals surface area contributed by atoms with Gasteiger partial charge in [-0.05, 0) is 17.4 Å². The van der Waals surface area contributed by atoms with E-state index in [1.807, 2.05) is 0 Å². The molecule has 1 amide bonds. The third-order valence-corrected chi connectivity index (χ3v) is 2.69. The first kappa shape index (κ1) is 11.7. The van der Waals surface area contributed by atoms with Crippen molar-refractivity contribution < 1.29 is 14.7 Å². The molecule has 0 saturated carbocycles. The fourth-order valence-corrected chi connectivity index (χ4v) is 1.77. The van der Waals surface area contributed by atoms with Crippen molar-refractivity contribution in [3.8, 4) is 0 Å². The SMILES string of the molecule is CC(C)C(NC(=O)c1ccsc1)C(=O)O. The lowest BCUT2D eigenvalue weighted by molar-refractivity contribution is -0.140. The predicted octanol–water partition coefficient (Wildman–Crippen LogP) is 1.59. The fraction of sp³-hybridized carbons (Fsp3) is 0.400. The molecule has 1 unspecified atom stereocenters. The van der Waals surface area contributed by atoms with Gasteiger partial charge in [-0.2, -0.15) is 11.3 Å². The number of carboxylic acids is 1. The van der Waals surface area contributed by atoms with E-state index in [9.17, 15) is 9.59 Å². The Balaban J connectivity index is 2.67. The van der Waals surface area contributed by atoms with Crippen molar-refractivity contribution in [3.63, 3.8) is 0 Å². The van der Waals surface area contributed by atoms with E-state index in [1.54, 1.807) is 30.7 Å². The average Bonchev–Trinajstić information content (AvgIpc) is 2.65. The van der Waals surface area contributed by atoms with Crippen LogP contribution in [0.1, 0.15) is 24.2 Å². The Morgan fingerprint density at radius 2 is 2.13 bits per heavy atom. The fourth-order valence-electron chi connectivity index (χ4n) is 1.13. The molecular weight excluding hydrogens is 214 g/mol. The molecule has 0 bridgehead atoms. The van der Waals surface area contributed by atoms with Crippen LogP contribution >= 0.6 is 11.3 Å². The molecule has 0 aliphatic rings. The summed E-state index contributed by atoms with van der Waals surface area (Å²) in [4.78, 5) is 22.4. The van der Waals surface area contributed by atoms with Crippen LogP contribution in [0.5, 0.6) is 0 Å². The summed E-state index contributed by atoms with van der Waals surface area (Å²) in [5.41, 5.74) is 0.506. The molecule has 1 rings (SSSR count). The second-order valence-corrected chi connectivity index (χ2v) is 4.33. The molecule has 15 heavy (non-hydrogen) atoms. The predicted molar refractivity (Wildman–Crippen MR) is 58.0 cm³/mol. The highest BCUT2D eigenvalue weighted by molar-refractivity contribution is 7.08. The van der Waals surface area contributed by atoms with Gasteiger partial charge in [0.25, 0.3) is 5.91 Å². The molecule has 0 spiro atoms. The molecule has 5 heteroatoms. The summed E-state index contributed by atoms with van der Waals surface area (Å²) in [6.45, 7) is 3.51. The van der Waals surface area contributed by atoms with Gasteiger partial charge >= 0.3 is 5.97 Å². The van der Waals surface area contributed by atoms with E-state index >= 15 is 0 Å². The van der Waals surface area contributed by atoms with Crippen molar-refractivity contribution in [3.05, 3.63) is 22.4 Å². The number of nitrogens with one attached hydrogen (secondary N) is 1. The summed E-state index contributed by atoms with van der Waals surface area (Å²) in [6.07, 6.45) is 0. The Morgan fingerprint density at radius 3 is 2.53 bits per heavy atom. The second-order valence-electron chi connectivity index (χ2n) is 3.55. The highest BCUT2D eigenvalue weighted by Gasteiger charge is 2.23. The third kappa shape index (κ3) is 3.06. The van der Waals surface area contributed by atoms with Crippen molar-refractivity contribution >= 4 is 23.2 Å². The topological polar surface area (TPSA) is 66.4 Å². The summed E-state index contributed by atoms with van der Waals surface area (Å²) < 4.78 is 0. The molecule has 4 nitrogen and oxygen atoms in total. The van der Waals surface area contributed by atoms with Gasteiger partial charge in [-0.15, -0.1) is 0 Å². The van der Waals surface area contributed by atoms with Crippen LogP contribution in [-0.2, 0) is 4.79 Å². The lowest BCUT2D eigenvalue weighted by Gasteiger charge is -2.17. The maximum absolute atomic E-state index is 11.6. The van der Waals surface area contributed by atoms with Gasteiger partial charge in [-0.1, -0.05) is 13.8 Å². The van der Waals surface area contributed by atoms with E-state index in [-0.39, 0.29) is 11.8 Å². The highest BCUT2D eigenvalue weighted by atomic mass is 32.1. The van der Waals surface area contributed by atoms with Crippen LogP contribution in [0.3, 0.4) is 0 Å². The first-order chi connectivity index (χ1) is 7.02. The maximum Gasteiger partial charge on any atom is 0.326 e. The van der Waals surface area contributed by atoms with Crippen molar-refractivity contribution in [2.75, 3.05) is 0 Å². The standard InChI is InChI=1S/C10H13NO3S/c1-6(2)8(10(13)14)11-9(12)7-3-4-15-5-7/h3-6,8H,1-2H3,(H,11,12)(H,13,14). The smallest absolute Gasteiger partial charge is 0.326 e. The number of aliphatic carboxylic acids is 1. The van der Waals surface area contributed by atoms with Crippen LogP contribution in [0.2, 0.25) is 0 Å². The molecule has 0 fully saturated rings. The van der Waals surface area contributed by atoms with Crippen LogP contribution in [0, 0.1) is 5.92 Å². The van der Waals surface area contributed by atoms with Gasteiger partial charge in [0.05, 0.1) is 5.56 Å². The molecule has 1 atom stereocenters. The van der Waals surface area contributed by atoms with Crippen molar-refractivity contribution in [2.45, 2.75) is 19.9 Å². The highest BCUT2D eigenvalue weighted by Crippen LogP contribution is 2.08. The number of carbonyl (C=O) groups is 2. The molecule has 0 aliphatic carbocycles. The summed E-state index contributed by atoms with van der Waals surface area (Å²) in [5.74, 6) is -1.48. The monoisotopic (exact) mass is 227 g/mol. The Labute approximate surface area is 91.9 Å². The molecule has 82 valence electrons. The van der Waals surface area contributed by atoms with E-state index in [0.717, 1.165) is 0 Å². The summed E-state index contributed by atoms with van der Waals surface area (Å²) in [6, 6.07) is 0.830. The molecule has 0 radical (unpaired) electrons. The number of carboxylic acid groups (broad SMARTS) is 1. The summed E-state index contributed by atoms with van der Waals surface area (Å²) in [7, 11) is 0. The summed E-state index contributed by atoms with van der Waals surface area (Å²) in [5, 5.41) is 14.8. The normalized spacial score (nSPS) is 12.5. The van der Waals surface area contributed by atoms with Crippen molar-refractivity contribution in [2.24, 2.45) is 5.92 Å². The molecule has 2 N–H and O–H groups in total. The number of rotatable bonds is 4. The molecule has 0 saturated heterocycles. The zero-order valence-electron chi connectivity index (χ0n) is 8.56. The van der Waals surface area contributed by atoms with Gasteiger partial charge in [0.1, 0.15) is 6.04 Å². The second kappa shape index (κ2) is 4.93. The van der Waals surface area contributed by atoms with Crippen LogP contribution in [0.4, 0.5) is 0 Å². The van der Waals surface area contributed by atoms with Gasteiger partial charge in [0.15, 0.2) is 0 Å². The van der Waals surface area contributed by atoms with Gasteiger partial charge < -0.3 is 10.4 Å². The molecule has 1 aromatic rings. The first-order valence-corrected chi connectivity index (χ1v) is 5.52. The minimum Gasteiger partial charge on any atom is -0.480 e. The number of hydrogen-bond donors (Lipinski definition) is 2. The minimum absolute atomic E-state index is 0.134. The lowest BCUT2D eigenvalue weighted by atomic mass is 10.0. The zero-order valence-corrected chi connectivity index (χ0v) is 9.38. The summed E-state index contributed by atoms with van der Waals surface area (Å²) >= 11 is 1.40. The molecule has 0 aliphatic heterocycles. The molecule has 1 aromatic heterocycles. The number of amides is 1. The van der Waals surface area contributed by atoms with Gasteiger partial charge in [0.2, 0.25) is 0 Å². The molecular formula is C10H13NO3S. The van der Waals surface area contributed by atoms with Crippen molar-refractivity contribution in [1.29, 1.82) is 0 Å². The lowest BCUT2D eigenvalue weighted by Crippen LogP contribution is -2.44. The van der Waals surface area contributed by atoms with E-state index in [2.05, 4.69) is 5.32 Å². The molecule has 0 aromatic carbocycles. The Morgan fingerprint density at radius 1 is 1.47 bits per heavy atom. The van der Waals surface area contributed by atoms with Gasteiger partial charge in [-0.25, -0.2) is 4.79 Å². The Hall–Kier alpha value is -1.36. The van der Waals surface area contributed by atoms with Gasteiger partial charge in [0, 0.05) is 5.38 Å². The zero-order chi connectivity index (χ0) is 11.4. The number of thiophene rings is 1. The number of hydrogen-bond acceptors (Lipinski definition) is 3. The minimum atomic E-state index is -1.01. The largest absolute Gasteiger partial charge is 0.480 e. The van der Waals surface area contributed by atoms with Crippen molar-refractivity contribution in [1.82, 2.24) is 5.32 Å². The van der Waals surface area contributed by atoms with Crippen LogP contribution in [0.15, 0.2) is 16.8 Å². The van der Waals surface area contributed by atoms with Crippen LogP contribution in [0.25, 0.3) is 0 Å². The Bertz CT molecular complexity index is 346. The van der Waals surface area contributed by atoms with Gasteiger partial charge in [-0.3, -0.25) is 4.79 Å². The van der Waals surface area contributed by atoms with E-state index < -0.39 is 12.0 Å². The van der Waals surface area contributed by atoms with E-state index in [4.69, 9.17) is 5.11 Å². The van der Waals surface area contributed by atoms with Crippen LogP contribution in [-0.4, -0.2) is 23.0 Å². The first-order valence-electron chi connectivity index (χ1n) is 4.58. The van der Waals surface area contributed by atoms with Crippen LogP contribution < -0.4 is 5.32 Å². The quantitative estimate of drug-likeness (QED) is 0.820. The Kier molecular flexibility index (Phi) is 3.85. The maximum atomic E-state index is 11.6. The number of carbonyl (C=O) groups excluding carboxylic acids is 1.